The minimum atomic E-state index is -0.976. The summed E-state index contributed by atoms with van der Waals surface area (Å²) >= 11 is 1.58. The quantitative estimate of drug-likeness (QED) is 0.810. The second-order valence-electron chi connectivity index (χ2n) is 6.31. The van der Waals surface area contributed by atoms with Crippen molar-refractivity contribution in [3.05, 3.63) is 29.3 Å². The molecule has 1 fully saturated rings. The molecule has 0 bridgehead atoms. The second kappa shape index (κ2) is 8.99. The van der Waals surface area contributed by atoms with Crippen molar-refractivity contribution in [3.63, 3.8) is 0 Å². The first kappa shape index (κ1) is 19.4. The number of aryl methyl sites for hydroxylation is 1. The van der Waals surface area contributed by atoms with Crippen molar-refractivity contribution in [1.29, 1.82) is 0 Å². The van der Waals surface area contributed by atoms with Gasteiger partial charge < -0.3 is 20.2 Å². The molecule has 2 amide bonds. The SMILES string of the molecule is CSCC[C@H](NC(=O)N1CCN(c2cccc(C)c2C)CC1)C(=O)O. The van der Waals surface area contributed by atoms with Gasteiger partial charge in [0.2, 0.25) is 0 Å². The van der Waals surface area contributed by atoms with E-state index in [9.17, 15) is 14.7 Å². The van der Waals surface area contributed by atoms with Crippen molar-refractivity contribution >= 4 is 29.4 Å². The average Bonchev–Trinajstić information content (AvgIpc) is 2.60. The van der Waals surface area contributed by atoms with E-state index < -0.39 is 12.0 Å². The Morgan fingerprint density at radius 3 is 2.52 bits per heavy atom. The van der Waals surface area contributed by atoms with E-state index in [0.29, 0.717) is 25.3 Å². The summed E-state index contributed by atoms with van der Waals surface area (Å²) in [5, 5.41) is 11.9. The van der Waals surface area contributed by atoms with Crippen LogP contribution in [-0.4, -0.2) is 66.2 Å². The standard InChI is InChI=1S/C18H27N3O3S/c1-13-5-4-6-16(14(13)2)20-8-10-21(11-9-20)18(24)19-15(17(22)23)7-12-25-3/h4-6,15H,7-12H2,1-3H3,(H,19,24)(H,22,23)/t15-/m0/s1. The fourth-order valence-electron chi connectivity index (χ4n) is 2.96. The number of carboxylic acid groups (broad SMARTS) is 1. The number of piperazine rings is 1. The molecular formula is C18H27N3O3S. The highest BCUT2D eigenvalue weighted by Gasteiger charge is 2.26. The third kappa shape index (κ3) is 5.04. The van der Waals surface area contributed by atoms with Crippen molar-refractivity contribution in [2.75, 3.05) is 43.1 Å². The van der Waals surface area contributed by atoms with Gasteiger partial charge in [0.1, 0.15) is 6.04 Å². The van der Waals surface area contributed by atoms with E-state index >= 15 is 0 Å². The second-order valence-corrected chi connectivity index (χ2v) is 7.30. The maximum atomic E-state index is 12.4. The number of thioether (sulfide) groups is 1. The van der Waals surface area contributed by atoms with Crippen LogP contribution in [0, 0.1) is 13.8 Å². The molecular weight excluding hydrogens is 338 g/mol. The van der Waals surface area contributed by atoms with E-state index in [1.54, 1.807) is 16.7 Å². The summed E-state index contributed by atoms with van der Waals surface area (Å²) in [6, 6.07) is 5.16. The summed E-state index contributed by atoms with van der Waals surface area (Å²) in [4.78, 5) is 27.6. The number of hydrogen-bond donors (Lipinski definition) is 2. The maximum Gasteiger partial charge on any atom is 0.326 e. The topological polar surface area (TPSA) is 72.9 Å². The van der Waals surface area contributed by atoms with Crippen molar-refractivity contribution in [2.45, 2.75) is 26.3 Å². The van der Waals surface area contributed by atoms with E-state index in [1.807, 2.05) is 6.26 Å². The van der Waals surface area contributed by atoms with Gasteiger partial charge in [-0.3, -0.25) is 0 Å². The Morgan fingerprint density at radius 1 is 1.24 bits per heavy atom. The molecule has 1 aliphatic heterocycles. The minimum Gasteiger partial charge on any atom is -0.480 e. The van der Waals surface area contributed by atoms with E-state index in [1.165, 1.54) is 16.8 Å². The van der Waals surface area contributed by atoms with E-state index in [2.05, 4.69) is 42.3 Å². The number of carbonyl (C=O) groups excluding carboxylic acids is 1. The fraction of sp³-hybridized carbons (Fsp3) is 0.556. The Balaban J connectivity index is 1.91. The van der Waals surface area contributed by atoms with Gasteiger partial charge in [0.05, 0.1) is 0 Å². The summed E-state index contributed by atoms with van der Waals surface area (Å²) in [6.45, 7) is 6.90. The molecule has 7 heteroatoms. The number of carbonyl (C=O) groups is 2. The third-order valence-corrected chi connectivity index (χ3v) is 5.33. The molecule has 6 nitrogen and oxygen atoms in total. The number of nitrogens with zero attached hydrogens (tertiary/aromatic N) is 2. The molecule has 1 aromatic carbocycles. The Labute approximate surface area is 153 Å². The van der Waals surface area contributed by atoms with Crippen LogP contribution in [0.25, 0.3) is 0 Å². The zero-order chi connectivity index (χ0) is 18.4. The molecule has 1 saturated heterocycles. The Hall–Kier alpha value is -1.89. The number of amides is 2. The van der Waals surface area contributed by atoms with Gasteiger partial charge in [-0.15, -0.1) is 0 Å². The Morgan fingerprint density at radius 2 is 1.92 bits per heavy atom. The van der Waals surface area contributed by atoms with Crippen LogP contribution >= 0.6 is 11.8 Å². The highest BCUT2D eigenvalue weighted by molar-refractivity contribution is 7.98. The normalized spacial score (nSPS) is 15.8. The van der Waals surface area contributed by atoms with Crippen LogP contribution in [0.3, 0.4) is 0 Å². The van der Waals surface area contributed by atoms with Gasteiger partial charge in [-0.2, -0.15) is 11.8 Å². The number of nitrogens with one attached hydrogen (secondary N) is 1. The molecule has 1 aromatic rings. The number of carboxylic acids is 1. The molecule has 25 heavy (non-hydrogen) atoms. The molecule has 1 heterocycles. The number of hydrogen-bond acceptors (Lipinski definition) is 4. The van der Waals surface area contributed by atoms with Crippen LogP contribution in [0.5, 0.6) is 0 Å². The third-order valence-electron chi connectivity index (χ3n) is 4.69. The Bertz CT molecular complexity index is 616. The summed E-state index contributed by atoms with van der Waals surface area (Å²) in [7, 11) is 0. The smallest absolute Gasteiger partial charge is 0.326 e. The van der Waals surface area contributed by atoms with Crippen LogP contribution in [0.4, 0.5) is 10.5 Å². The zero-order valence-electron chi connectivity index (χ0n) is 15.1. The number of benzene rings is 1. The minimum absolute atomic E-state index is 0.283. The van der Waals surface area contributed by atoms with Crippen LogP contribution in [-0.2, 0) is 4.79 Å². The summed E-state index contributed by atoms with van der Waals surface area (Å²) in [6.07, 6.45) is 2.36. The molecule has 0 aromatic heterocycles. The summed E-state index contributed by atoms with van der Waals surface area (Å²) in [5.74, 6) is -0.270. The van der Waals surface area contributed by atoms with Crippen molar-refractivity contribution < 1.29 is 14.7 Å². The molecule has 1 atom stereocenters. The number of urea groups is 1. The van der Waals surface area contributed by atoms with Crippen LogP contribution in [0.15, 0.2) is 18.2 Å². The van der Waals surface area contributed by atoms with E-state index in [4.69, 9.17) is 0 Å². The lowest BCUT2D eigenvalue weighted by atomic mass is 10.1. The largest absolute Gasteiger partial charge is 0.480 e. The van der Waals surface area contributed by atoms with Crippen LogP contribution in [0.1, 0.15) is 17.5 Å². The van der Waals surface area contributed by atoms with Gasteiger partial charge in [0, 0.05) is 31.9 Å². The van der Waals surface area contributed by atoms with Gasteiger partial charge in [-0.1, -0.05) is 12.1 Å². The molecule has 2 rings (SSSR count). The summed E-state index contributed by atoms with van der Waals surface area (Å²) in [5.41, 5.74) is 3.74. The molecule has 2 N–H and O–H groups in total. The monoisotopic (exact) mass is 365 g/mol. The summed E-state index contributed by atoms with van der Waals surface area (Å²) < 4.78 is 0. The highest BCUT2D eigenvalue weighted by atomic mass is 32.2. The lowest BCUT2D eigenvalue weighted by Gasteiger charge is -2.37. The molecule has 0 radical (unpaired) electrons. The van der Waals surface area contributed by atoms with Crippen molar-refractivity contribution in [2.24, 2.45) is 0 Å². The van der Waals surface area contributed by atoms with Gasteiger partial charge in [-0.25, -0.2) is 9.59 Å². The first-order chi connectivity index (χ1) is 11.9. The zero-order valence-corrected chi connectivity index (χ0v) is 15.9. The average molecular weight is 365 g/mol. The number of rotatable bonds is 6. The van der Waals surface area contributed by atoms with Crippen molar-refractivity contribution in [3.8, 4) is 0 Å². The number of anilines is 1. The lowest BCUT2D eigenvalue weighted by Crippen LogP contribution is -2.54. The van der Waals surface area contributed by atoms with Crippen LogP contribution in [0.2, 0.25) is 0 Å². The lowest BCUT2D eigenvalue weighted by molar-refractivity contribution is -0.139. The molecule has 0 aliphatic carbocycles. The molecule has 0 saturated carbocycles. The maximum absolute atomic E-state index is 12.4. The van der Waals surface area contributed by atoms with Gasteiger partial charge in [-0.05, 0) is 49.5 Å². The van der Waals surface area contributed by atoms with Gasteiger partial charge in [0.25, 0.3) is 0 Å². The van der Waals surface area contributed by atoms with Crippen molar-refractivity contribution in [1.82, 2.24) is 10.2 Å². The fourth-order valence-corrected chi connectivity index (χ4v) is 3.43. The predicted octanol–water partition coefficient (Wildman–Crippen LogP) is 2.34. The van der Waals surface area contributed by atoms with E-state index in [0.717, 1.165) is 13.1 Å². The molecule has 1 aliphatic rings. The van der Waals surface area contributed by atoms with Crippen LogP contribution < -0.4 is 10.2 Å². The first-order valence-electron chi connectivity index (χ1n) is 8.52. The molecule has 0 spiro atoms. The predicted molar refractivity (Wildman–Crippen MR) is 103 cm³/mol. The van der Waals surface area contributed by atoms with Gasteiger partial charge >= 0.3 is 12.0 Å². The molecule has 138 valence electrons. The van der Waals surface area contributed by atoms with E-state index in [-0.39, 0.29) is 6.03 Å². The molecule has 0 unspecified atom stereocenters. The number of aliphatic carboxylic acids is 1. The van der Waals surface area contributed by atoms with Gasteiger partial charge in [0.15, 0.2) is 0 Å². The Kier molecular flexibility index (Phi) is 6.99. The first-order valence-corrected chi connectivity index (χ1v) is 9.91. The highest BCUT2D eigenvalue weighted by Crippen LogP contribution is 2.23.